The highest BCUT2D eigenvalue weighted by atomic mass is 32.2. The lowest BCUT2D eigenvalue weighted by molar-refractivity contribution is 0.103. The molecule has 3 N–H and O–H groups in total. The van der Waals surface area contributed by atoms with E-state index in [0.717, 1.165) is 38.0 Å². The molecule has 2 heterocycles. The van der Waals surface area contributed by atoms with Gasteiger partial charge in [-0.1, -0.05) is 30.3 Å². The van der Waals surface area contributed by atoms with Crippen molar-refractivity contribution in [1.82, 2.24) is 14.5 Å². The van der Waals surface area contributed by atoms with Gasteiger partial charge in [-0.3, -0.25) is 9.93 Å². The van der Waals surface area contributed by atoms with E-state index in [2.05, 4.69) is 27.4 Å². The van der Waals surface area contributed by atoms with E-state index in [-0.39, 0.29) is 11.8 Å². The van der Waals surface area contributed by atoms with Gasteiger partial charge in [-0.05, 0) is 36.8 Å². The first kappa shape index (κ1) is 20.6. The SMILES string of the molecule is NSOCC1CCC(Nc2ncncc2C(=O)c2ccn(Cc3ccccc3)c2)C1. The smallest absolute Gasteiger partial charge is 0.199 e. The van der Waals surface area contributed by atoms with Crippen molar-refractivity contribution >= 4 is 23.8 Å². The number of rotatable bonds is 9. The molecule has 2 aromatic heterocycles. The topological polar surface area (TPSA) is 95.1 Å². The third kappa shape index (κ3) is 5.08. The largest absolute Gasteiger partial charge is 0.367 e. The molecule has 8 heteroatoms. The Bertz CT molecular complexity index is 978. The van der Waals surface area contributed by atoms with E-state index in [1.54, 1.807) is 6.20 Å². The lowest BCUT2D eigenvalue weighted by Gasteiger charge is -2.15. The van der Waals surface area contributed by atoms with E-state index in [1.807, 2.05) is 41.2 Å². The number of carbonyl (C=O) groups is 1. The van der Waals surface area contributed by atoms with Crippen molar-refractivity contribution in [3.63, 3.8) is 0 Å². The van der Waals surface area contributed by atoms with E-state index in [4.69, 9.17) is 9.32 Å². The molecule has 0 aliphatic heterocycles. The number of nitrogens with zero attached hydrogens (tertiary/aromatic N) is 3. The van der Waals surface area contributed by atoms with E-state index >= 15 is 0 Å². The zero-order chi connectivity index (χ0) is 20.8. The van der Waals surface area contributed by atoms with Crippen molar-refractivity contribution in [2.75, 3.05) is 11.9 Å². The Hall–Kier alpha value is -2.68. The summed E-state index contributed by atoms with van der Waals surface area (Å²) in [4.78, 5) is 21.6. The maximum absolute atomic E-state index is 13.1. The quantitative estimate of drug-likeness (QED) is 0.308. The molecular formula is C22H25N5O2S. The first-order chi connectivity index (χ1) is 14.7. The fourth-order valence-electron chi connectivity index (χ4n) is 3.92. The van der Waals surface area contributed by atoms with Gasteiger partial charge in [0.1, 0.15) is 12.1 Å². The number of nitrogens with one attached hydrogen (secondary N) is 1. The second-order valence-corrected chi connectivity index (χ2v) is 8.00. The normalized spacial score (nSPS) is 18.4. The first-order valence-electron chi connectivity index (χ1n) is 10.0. The molecule has 2 atom stereocenters. The molecule has 1 aromatic carbocycles. The molecule has 3 aromatic rings. The average Bonchev–Trinajstić information content (AvgIpc) is 3.42. The molecule has 2 unspecified atom stereocenters. The summed E-state index contributed by atoms with van der Waals surface area (Å²) in [6, 6.07) is 12.3. The van der Waals surface area contributed by atoms with Crippen LogP contribution in [0.4, 0.5) is 5.82 Å². The summed E-state index contributed by atoms with van der Waals surface area (Å²) >= 11 is 0.912. The number of hydrogen-bond acceptors (Lipinski definition) is 7. The van der Waals surface area contributed by atoms with Crippen LogP contribution in [0.2, 0.25) is 0 Å². The number of benzene rings is 1. The second-order valence-electron chi connectivity index (χ2n) is 7.57. The molecule has 1 aliphatic carbocycles. The standard InChI is InChI=1S/C22H25N5O2S/c23-30-29-14-17-6-7-19(10-17)26-22-20(11-24-15-25-22)21(28)18-8-9-27(13-18)12-16-4-2-1-3-5-16/h1-5,8-9,11,13,15,17,19H,6-7,10,12,14,23H2,(H,24,25,26). The fourth-order valence-corrected chi connectivity index (χ4v) is 4.19. The highest BCUT2D eigenvalue weighted by Gasteiger charge is 2.26. The molecule has 0 saturated heterocycles. The molecule has 1 saturated carbocycles. The van der Waals surface area contributed by atoms with E-state index in [0.29, 0.717) is 29.5 Å². The molecule has 7 nitrogen and oxygen atoms in total. The summed E-state index contributed by atoms with van der Waals surface area (Å²) in [5.41, 5.74) is 2.30. The van der Waals surface area contributed by atoms with Gasteiger partial charge in [-0.2, -0.15) is 0 Å². The second kappa shape index (κ2) is 9.88. The van der Waals surface area contributed by atoms with Crippen molar-refractivity contribution in [3.05, 3.63) is 78.0 Å². The van der Waals surface area contributed by atoms with Gasteiger partial charge in [-0.15, -0.1) is 0 Å². The Morgan fingerprint density at radius 3 is 2.97 bits per heavy atom. The summed E-state index contributed by atoms with van der Waals surface area (Å²) in [7, 11) is 0. The molecule has 0 bridgehead atoms. The number of aromatic nitrogens is 3. The van der Waals surface area contributed by atoms with Gasteiger partial charge < -0.3 is 14.1 Å². The summed E-state index contributed by atoms with van der Waals surface area (Å²) in [5.74, 6) is 0.972. The predicted molar refractivity (Wildman–Crippen MR) is 118 cm³/mol. The van der Waals surface area contributed by atoms with Crippen LogP contribution < -0.4 is 10.5 Å². The van der Waals surface area contributed by atoms with Gasteiger partial charge in [0.2, 0.25) is 0 Å². The third-order valence-corrected chi connectivity index (χ3v) is 5.70. The van der Waals surface area contributed by atoms with Crippen LogP contribution in [0.5, 0.6) is 0 Å². The van der Waals surface area contributed by atoms with Crippen molar-refractivity contribution in [1.29, 1.82) is 0 Å². The molecule has 0 amide bonds. The van der Waals surface area contributed by atoms with Gasteiger partial charge in [-0.25, -0.2) is 9.97 Å². The molecule has 1 aliphatic rings. The predicted octanol–water partition coefficient (Wildman–Crippen LogP) is 3.68. The van der Waals surface area contributed by atoms with Crippen LogP contribution in [0.15, 0.2) is 61.3 Å². The van der Waals surface area contributed by atoms with Crippen molar-refractivity contribution < 1.29 is 8.98 Å². The molecule has 0 spiro atoms. The molecule has 30 heavy (non-hydrogen) atoms. The monoisotopic (exact) mass is 423 g/mol. The summed E-state index contributed by atoms with van der Waals surface area (Å²) in [5, 5.41) is 8.78. The van der Waals surface area contributed by atoms with Crippen molar-refractivity contribution in [2.45, 2.75) is 31.8 Å². The van der Waals surface area contributed by atoms with Gasteiger partial charge in [0.25, 0.3) is 0 Å². The number of nitrogens with two attached hydrogens (primary N) is 1. The summed E-state index contributed by atoms with van der Waals surface area (Å²) in [6.45, 7) is 1.36. The maximum atomic E-state index is 13.1. The number of hydrogen-bond donors (Lipinski definition) is 2. The minimum absolute atomic E-state index is 0.0812. The maximum Gasteiger partial charge on any atom is 0.199 e. The number of ketones is 1. The van der Waals surface area contributed by atoms with Gasteiger partial charge in [0, 0.05) is 36.7 Å². The molecular weight excluding hydrogens is 398 g/mol. The zero-order valence-corrected chi connectivity index (χ0v) is 17.4. The van der Waals surface area contributed by atoms with E-state index < -0.39 is 0 Å². The Morgan fingerprint density at radius 2 is 2.13 bits per heavy atom. The lowest BCUT2D eigenvalue weighted by Crippen LogP contribution is -2.20. The fraction of sp³-hybridized carbons (Fsp3) is 0.318. The number of anilines is 1. The Morgan fingerprint density at radius 1 is 1.27 bits per heavy atom. The van der Waals surface area contributed by atoms with Crippen LogP contribution in [0.25, 0.3) is 0 Å². The van der Waals surface area contributed by atoms with Crippen molar-refractivity contribution in [3.8, 4) is 0 Å². The van der Waals surface area contributed by atoms with Crippen LogP contribution >= 0.6 is 12.2 Å². The molecule has 156 valence electrons. The Labute approximate surface area is 180 Å². The van der Waals surface area contributed by atoms with E-state index in [1.165, 1.54) is 11.9 Å². The van der Waals surface area contributed by atoms with Crippen LogP contribution in [0.1, 0.15) is 40.7 Å². The van der Waals surface area contributed by atoms with Gasteiger partial charge >= 0.3 is 0 Å². The third-order valence-electron chi connectivity index (χ3n) is 5.43. The average molecular weight is 424 g/mol. The van der Waals surface area contributed by atoms with Crippen LogP contribution in [-0.4, -0.2) is 33.0 Å². The zero-order valence-electron chi connectivity index (χ0n) is 16.6. The molecule has 0 radical (unpaired) electrons. The highest BCUT2D eigenvalue weighted by Crippen LogP contribution is 2.29. The van der Waals surface area contributed by atoms with Gasteiger partial charge in [0.15, 0.2) is 5.78 Å². The molecule has 4 rings (SSSR count). The summed E-state index contributed by atoms with van der Waals surface area (Å²) in [6.07, 6.45) is 9.90. The highest BCUT2D eigenvalue weighted by molar-refractivity contribution is 7.92. The molecule has 1 fully saturated rings. The number of carbonyl (C=O) groups excluding carboxylic acids is 1. The minimum Gasteiger partial charge on any atom is -0.367 e. The Balaban J connectivity index is 1.44. The first-order valence-corrected chi connectivity index (χ1v) is 10.8. The van der Waals surface area contributed by atoms with Gasteiger partial charge in [0.05, 0.1) is 24.4 Å². The lowest BCUT2D eigenvalue weighted by atomic mass is 10.1. The van der Waals surface area contributed by atoms with E-state index in [9.17, 15) is 4.79 Å². The van der Waals surface area contributed by atoms with Crippen molar-refractivity contribution in [2.24, 2.45) is 11.1 Å². The minimum atomic E-state index is -0.0812. The van der Waals surface area contributed by atoms with Crippen LogP contribution in [0, 0.1) is 5.92 Å². The summed E-state index contributed by atoms with van der Waals surface area (Å²) < 4.78 is 7.28. The van der Waals surface area contributed by atoms with Crippen LogP contribution in [0.3, 0.4) is 0 Å². The van der Waals surface area contributed by atoms with Crippen LogP contribution in [-0.2, 0) is 10.7 Å². The Kier molecular flexibility index (Phi) is 6.78.